The van der Waals surface area contributed by atoms with Crippen LogP contribution in [0.4, 0.5) is 0 Å². The third-order valence-corrected chi connectivity index (χ3v) is 2.63. The smallest absolute Gasteiger partial charge is 0.257 e. The number of rotatable bonds is 8. The minimum Gasteiger partial charge on any atom is -0.484 e. The van der Waals surface area contributed by atoms with Crippen LogP contribution in [0.5, 0.6) is 5.75 Å². The van der Waals surface area contributed by atoms with E-state index in [1.165, 1.54) is 0 Å². The molecule has 4 nitrogen and oxygen atoms in total. The molecule has 1 aromatic rings. The van der Waals surface area contributed by atoms with Crippen LogP contribution in [-0.4, -0.2) is 19.1 Å². The first kappa shape index (κ1) is 14.5. The molecule has 0 saturated carbocycles. The van der Waals surface area contributed by atoms with Gasteiger partial charge in [0.25, 0.3) is 5.91 Å². The summed E-state index contributed by atoms with van der Waals surface area (Å²) in [5.74, 6) is 0.616. The van der Waals surface area contributed by atoms with E-state index in [1.807, 2.05) is 24.3 Å². The van der Waals surface area contributed by atoms with Crippen LogP contribution >= 0.6 is 0 Å². The van der Waals surface area contributed by atoms with Crippen molar-refractivity contribution in [2.45, 2.75) is 32.7 Å². The minimum absolute atomic E-state index is 0.0636. The molecule has 0 aliphatic heterocycles. The molecule has 1 aromatic carbocycles. The molecule has 0 heterocycles. The second kappa shape index (κ2) is 8.53. The van der Waals surface area contributed by atoms with Gasteiger partial charge in [-0.2, -0.15) is 0 Å². The van der Waals surface area contributed by atoms with E-state index in [0.717, 1.165) is 31.4 Å². The SMILES string of the molecule is CCCCCNC(=O)COc1ccc(CN)cc1. The average Bonchev–Trinajstić information content (AvgIpc) is 2.42. The fourth-order valence-electron chi connectivity index (χ4n) is 1.52. The van der Waals surface area contributed by atoms with Crippen molar-refractivity contribution in [2.75, 3.05) is 13.2 Å². The van der Waals surface area contributed by atoms with Crippen LogP contribution in [0.1, 0.15) is 31.7 Å². The van der Waals surface area contributed by atoms with Gasteiger partial charge in [-0.3, -0.25) is 4.79 Å². The molecule has 0 aliphatic rings. The lowest BCUT2D eigenvalue weighted by Gasteiger charge is -2.07. The summed E-state index contributed by atoms with van der Waals surface area (Å²) in [7, 11) is 0. The number of carbonyl (C=O) groups excluding carboxylic acids is 1. The highest BCUT2D eigenvalue weighted by molar-refractivity contribution is 5.77. The van der Waals surface area contributed by atoms with Crippen molar-refractivity contribution in [3.63, 3.8) is 0 Å². The Balaban J connectivity index is 2.20. The molecule has 18 heavy (non-hydrogen) atoms. The highest BCUT2D eigenvalue weighted by Crippen LogP contribution is 2.11. The third kappa shape index (κ3) is 5.68. The predicted molar refractivity (Wildman–Crippen MR) is 72.4 cm³/mol. The van der Waals surface area contributed by atoms with E-state index in [9.17, 15) is 4.79 Å². The second-order valence-corrected chi connectivity index (χ2v) is 4.19. The van der Waals surface area contributed by atoms with Crippen molar-refractivity contribution >= 4 is 5.91 Å². The molecular weight excluding hydrogens is 228 g/mol. The molecule has 0 unspecified atom stereocenters. The van der Waals surface area contributed by atoms with Gasteiger partial charge in [0.05, 0.1) is 0 Å². The fourth-order valence-corrected chi connectivity index (χ4v) is 1.52. The molecule has 0 aromatic heterocycles. The van der Waals surface area contributed by atoms with Crippen LogP contribution in [-0.2, 0) is 11.3 Å². The monoisotopic (exact) mass is 250 g/mol. The van der Waals surface area contributed by atoms with Crippen molar-refractivity contribution in [1.29, 1.82) is 0 Å². The zero-order valence-corrected chi connectivity index (χ0v) is 10.9. The normalized spacial score (nSPS) is 10.1. The van der Waals surface area contributed by atoms with E-state index in [0.29, 0.717) is 12.3 Å². The Bertz CT molecular complexity index is 349. The highest BCUT2D eigenvalue weighted by Gasteiger charge is 2.01. The van der Waals surface area contributed by atoms with E-state index in [4.69, 9.17) is 10.5 Å². The maximum Gasteiger partial charge on any atom is 0.257 e. The van der Waals surface area contributed by atoms with E-state index >= 15 is 0 Å². The maximum atomic E-state index is 11.4. The summed E-state index contributed by atoms with van der Waals surface area (Å²) in [4.78, 5) is 11.4. The van der Waals surface area contributed by atoms with E-state index in [1.54, 1.807) is 0 Å². The van der Waals surface area contributed by atoms with Crippen LogP contribution in [0.2, 0.25) is 0 Å². The number of nitrogens with two attached hydrogens (primary N) is 1. The molecule has 1 amide bonds. The molecule has 100 valence electrons. The number of hydrogen-bond donors (Lipinski definition) is 2. The molecule has 4 heteroatoms. The van der Waals surface area contributed by atoms with Crippen molar-refractivity contribution < 1.29 is 9.53 Å². The van der Waals surface area contributed by atoms with Gasteiger partial charge >= 0.3 is 0 Å². The van der Waals surface area contributed by atoms with Crippen LogP contribution in [0.15, 0.2) is 24.3 Å². The molecule has 0 radical (unpaired) electrons. The molecule has 0 aliphatic carbocycles. The Labute approximate surface area is 109 Å². The minimum atomic E-state index is -0.0750. The lowest BCUT2D eigenvalue weighted by atomic mass is 10.2. The number of benzene rings is 1. The summed E-state index contributed by atoms with van der Waals surface area (Å²) >= 11 is 0. The maximum absolute atomic E-state index is 11.4. The van der Waals surface area contributed by atoms with Gasteiger partial charge < -0.3 is 15.8 Å². The van der Waals surface area contributed by atoms with Crippen molar-refractivity contribution in [1.82, 2.24) is 5.32 Å². The number of amides is 1. The summed E-state index contributed by atoms with van der Waals surface area (Å²) in [6.45, 7) is 3.43. The zero-order valence-electron chi connectivity index (χ0n) is 10.9. The highest BCUT2D eigenvalue weighted by atomic mass is 16.5. The molecule has 1 rings (SSSR count). The predicted octanol–water partition coefficient (Wildman–Crippen LogP) is 1.83. The summed E-state index contributed by atoms with van der Waals surface area (Å²) in [6.07, 6.45) is 3.31. The van der Waals surface area contributed by atoms with Crippen molar-refractivity contribution in [3.8, 4) is 5.75 Å². The van der Waals surface area contributed by atoms with E-state index < -0.39 is 0 Å². The van der Waals surface area contributed by atoms with Crippen LogP contribution in [0.25, 0.3) is 0 Å². The molecule has 0 fully saturated rings. The lowest BCUT2D eigenvalue weighted by Crippen LogP contribution is -2.29. The van der Waals surface area contributed by atoms with Gasteiger partial charge in [0.1, 0.15) is 5.75 Å². The number of carbonyl (C=O) groups is 1. The lowest BCUT2D eigenvalue weighted by molar-refractivity contribution is -0.123. The van der Waals surface area contributed by atoms with Gasteiger partial charge in [-0.25, -0.2) is 0 Å². The number of nitrogens with one attached hydrogen (secondary N) is 1. The number of hydrogen-bond acceptors (Lipinski definition) is 3. The Morgan fingerprint density at radius 3 is 2.61 bits per heavy atom. The van der Waals surface area contributed by atoms with Crippen LogP contribution < -0.4 is 15.8 Å². The van der Waals surface area contributed by atoms with E-state index in [-0.39, 0.29) is 12.5 Å². The summed E-state index contributed by atoms with van der Waals surface area (Å²) < 4.78 is 5.37. The Kier molecular flexibility index (Phi) is 6.87. The largest absolute Gasteiger partial charge is 0.484 e. The van der Waals surface area contributed by atoms with Crippen LogP contribution in [0, 0.1) is 0 Å². The molecular formula is C14H22N2O2. The molecule has 0 spiro atoms. The van der Waals surface area contributed by atoms with Crippen molar-refractivity contribution in [3.05, 3.63) is 29.8 Å². The molecule has 3 N–H and O–H groups in total. The first-order valence-electron chi connectivity index (χ1n) is 6.44. The summed E-state index contributed by atoms with van der Waals surface area (Å²) in [6, 6.07) is 7.45. The van der Waals surface area contributed by atoms with Gasteiger partial charge in [0, 0.05) is 13.1 Å². The van der Waals surface area contributed by atoms with Crippen molar-refractivity contribution in [2.24, 2.45) is 5.73 Å². The topological polar surface area (TPSA) is 64.3 Å². The van der Waals surface area contributed by atoms with Gasteiger partial charge in [0.2, 0.25) is 0 Å². The molecule has 0 atom stereocenters. The molecule has 0 bridgehead atoms. The van der Waals surface area contributed by atoms with Gasteiger partial charge in [-0.05, 0) is 24.1 Å². The standard InChI is InChI=1S/C14H22N2O2/c1-2-3-4-9-16-14(17)11-18-13-7-5-12(10-15)6-8-13/h5-8H,2-4,9-11,15H2,1H3,(H,16,17). The van der Waals surface area contributed by atoms with Gasteiger partial charge in [0.15, 0.2) is 6.61 Å². The number of ether oxygens (including phenoxy) is 1. The van der Waals surface area contributed by atoms with Gasteiger partial charge in [-0.1, -0.05) is 31.9 Å². The fraction of sp³-hybridized carbons (Fsp3) is 0.500. The second-order valence-electron chi connectivity index (χ2n) is 4.19. The van der Waals surface area contributed by atoms with Crippen LogP contribution in [0.3, 0.4) is 0 Å². The quantitative estimate of drug-likeness (QED) is 0.692. The number of unbranched alkanes of at least 4 members (excludes halogenated alkanes) is 2. The van der Waals surface area contributed by atoms with Gasteiger partial charge in [-0.15, -0.1) is 0 Å². The zero-order chi connectivity index (χ0) is 13.2. The summed E-state index contributed by atoms with van der Waals surface area (Å²) in [5, 5.41) is 2.83. The first-order valence-corrected chi connectivity index (χ1v) is 6.44. The Morgan fingerprint density at radius 2 is 2.00 bits per heavy atom. The summed E-state index contributed by atoms with van der Waals surface area (Å²) in [5.41, 5.74) is 6.54. The average molecular weight is 250 g/mol. The Hall–Kier alpha value is -1.55. The van der Waals surface area contributed by atoms with E-state index in [2.05, 4.69) is 12.2 Å². The molecule has 0 saturated heterocycles. The third-order valence-electron chi connectivity index (χ3n) is 2.63. The first-order chi connectivity index (χ1) is 8.76. The Morgan fingerprint density at radius 1 is 1.28 bits per heavy atom.